The molecule has 1 aromatic rings. The molecule has 0 aliphatic carbocycles. The summed E-state index contributed by atoms with van der Waals surface area (Å²) in [5.41, 5.74) is 0.421. The average Bonchev–Trinajstić information content (AvgIpc) is 2.28. The lowest BCUT2D eigenvalue weighted by Crippen LogP contribution is -2.26. The smallest absolute Gasteiger partial charge is 0.240 e. The van der Waals surface area contributed by atoms with Crippen LogP contribution in [0, 0.1) is 5.92 Å². The molecule has 96 valence electrons. The molecule has 0 saturated carbocycles. The highest BCUT2D eigenvalue weighted by molar-refractivity contribution is 7.89. The Hall–Kier alpha value is -0.910. The summed E-state index contributed by atoms with van der Waals surface area (Å²) in [5, 5.41) is 9.10. The summed E-state index contributed by atoms with van der Waals surface area (Å²) >= 11 is 0. The van der Waals surface area contributed by atoms with Crippen LogP contribution in [0.15, 0.2) is 29.2 Å². The number of nitrogens with one attached hydrogen (secondary N) is 1. The molecule has 17 heavy (non-hydrogen) atoms. The minimum atomic E-state index is -3.51. The van der Waals surface area contributed by atoms with Gasteiger partial charge in [-0.25, -0.2) is 13.1 Å². The van der Waals surface area contributed by atoms with Crippen LogP contribution in [-0.4, -0.2) is 20.1 Å². The first kappa shape index (κ1) is 14.2. The zero-order valence-corrected chi connectivity index (χ0v) is 11.0. The predicted molar refractivity (Wildman–Crippen MR) is 67.0 cm³/mol. The van der Waals surface area contributed by atoms with Gasteiger partial charge in [0.2, 0.25) is 10.0 Å². The molecule has 0 radical (unpaired) electrons. The third-order valence-corrected chi connectivity index (χ3v) is 4.01. The summed E-state index contributed by atoms with van der Waals surface area (Å²) in [4.78, 5) is 0.159. The van der Waals surface area contributed by atoms with E-state index >= 15 is 0 Å². The lowest BCUT2D eigenvalue weighted by Gasteiger charge is -2.10. The van der Waals surface area contributed by atoms with E-state index in [2.05, 4.69) is 4.72 Å². The Labute approximate surface area is 103 Å². The molecule has 4 nitrogen and oxygen atoms in total. The van der Waals surface area contributed by atoms with Crippen molar-refractivity contribution >= 4 is 10.0 Å². The molecule has 0 unspecified atom stereocenters. The Morgan fingerprint density at radius 3 is 2.53 bits per heavy atom. The highest BCUT2D eigenvalue weighted by atomic mass is 32.2. The van der Waals surface area contributed by atoms with Crippen molar-refractivity contribution in [2.75, 3.05) is 6.54 Å². The van der Waals surface area contributed by atoms with E-state index in [1.165, 1.54) is 6.07 Å². The monoisotopic (exact) mass is 257 g/mol. The van der Waals surface area contributed by atoms with Crippen molar-refractivity contribution in [3.05, 3.63) is 29.8 Å². The first-order valence-corrected chi connectivity index (χ1v) is 7.14. The van der Waals surface area contributed by atoms with Crippen molar-refractivity contribution in [2.24, 2.45) is 5.92 Å². The molecule has 0 bridgehead atoms. The zero-order valence-electron chi connectivity index (χ0n) is 10.2. The quantitative estimate of drug-likeness (QED) is 0.811. The summed E-state index contributed by atoms with van der Waals surface area (Å²) in [7, 11) is -3.51. The minimum absolute atomic E-state index is 0.159. The van der Waals surface area contributed by atoms with Gasteiger partial charge in [-0.15, -0.1) is 0 Å². The maximum Gasteiger partial charge on any atom is 0.240 e. The summed E-state index contributed by atoms with van der Waals surface area (Å²) in [6.45, 7) is 4.22. The molecule has 1 aromatic carbocycles. The third-order valence-electron chi connectivity index (χ3n) is 2.45. The molecule has 0 aliphatic rings. The molecule has 0 spiro atoms. The van der Waals surface area contributed by atoms with Crippen LogP contribution in [0.2, 0.25) is 0 Å². The van der Waals surface area contributed by atoms with E-state index in [0.717, 1.165) is 6.42 Å². The van der Waals surface area contributed by atoms with E-state index in [4.69, 9.17) is 5.11 Å². The normalized spacial score (nSPS) is 12.0. The maximum atomic E-state index is 12.0. The van der Waals surface area contributed by atoms with Crippen molar-refractivity contribution < 1.29 is 13.5 Å². The molecule has 0 heterocycles. The van der Waals surface area contributed by atoms with Gasteiger partial charge in [-0.2, -0.15) is 0 Å². The second-order valence-electron chi connectivity index (χ2n) is 4.35. The van der Waals surface area contributed by atoms with E-state index in [-0.39, 0.29) is 11.5 Å². The van der Waals surface area contributed by atoms with Crippen LogP contribution in [0.5, 0.6) is 0 Å². The predicted octanol–water partition coefficient (Wildman–Crippen LogP) is 1.50. The summed E-state index contributed by atoms with van der Waals surface area (Å²) in [6.07, 6.45) is 0.792. The number of benzene rings is 1. The molecule has 0 atom stereocenters. The Bertz CT molecular complexity index is 455. The average molecular weight is 257 g/mol. The fourth-order valence-electron chi connectivity index (χ4n) is 1.46. The van der Waals surface area contributed by atoms with Gasteiger partial charge in [0, 0.05) is 6.54 Å². The molecule has 5 heteroatoms. The summed E-state index contributed by atoms with van der Waals surface area (Å²) in [6, 6.07) is 6.47. The maximum absolute atomic E-state index is 12.0. The van der Waals surface area contributed by atoms with Gasteiger partial charge in [0.25, 0.3) is 0 Å². The number of hydrogen-bond acceptors (Lipinski definition) is 3. The number of sulfonamides is 1. The molecule has 0 fully saturated rings. The third kappa shape index (κ3) is 4.11. The molecule has 0 saturated heterocycles. The number of aliphatic hydroxyl groups is 1. The molecular weight excluding hydrogens is 238 g/mol. The van der Waals surface area contributed by atoms with Crippen LogP contribution in [-0.2, 0) is 16.6 Å². The van der Waals surface area contributed by atoms with E-state index < -0.39 is 10.0 Å². The van der Waals surface area contributed by atoms with Gasteiger partial charge < -0.3 is 5.11 Å². The van der Waals surface area contributed by atoms with Crippen molar-refractivity contribution in [2.45, 2.75) is 31.8 Å². The second-order valence-corrected chi connectivity index (χ2v) is 6.08. The molecular formula is C12H19NO3S. The van der Waals surface area contributed by atoms with E-state index in [9.17, 15) is 8.42 Å². The molecule has 0 amide bonds. The van der Waals surface area contributed by atoms with Gasteiger partial charge in [-0.05, 0) is 24.0 Å². The first-order chi connectivity index (χ1) is 7.97. The second kappa shape index (κ2) is 6.14. The van der Waals surface area contributed by atoms with Crippen LogP contribution in [0.3, 0.4) is 0 Å². The SMILES string of the molecule is CC(C)CCNS(=O)(=O)c1ccccc1CO. The van der Waals surface area contributed by atoms with Gasteiger partial charge in [0.05, 0.1) is 11.5 Å². The van der Waals surface area contributed by atoms with Crippen LogP contribution < -0.4 is 4.72 Å². The number of rotatable bonds is 6. The lowest BCUT2D eigenvalue weighted by atomic mass is 10.1. The first-order valence-electron chi connectivity index (χ1n) is 5.66. The lowest BCUT2D eigenvalue weighted by molar-refractivity contribution is 0.278. The highest BCUT2D eigenvalue weighted by Crippen LogP contribution is 2.15. The van der Waals surface area contributed by atoms with E-state index in [1.54, 1.807) is 18.2 Å². The standard InChI is InChI=1S/C12H19NO3S/c1-10(2)7-8-13-17(15,16)12-6-4-3-5-11(12)9-14/h3-6,10,13-14H,7-9H2,1-2H3. The van der Waals surface area contributed by atoms with Crippen molar-refractivity contribution in [3.63, 3.8) is 0 Å². The molecule has 0 aliphatic heterocycles. The van der Waals surface area contributed by atoms with Gasteiger partial charge in [0.15, 0.2) is 0 Å². The Morgan fingerprint density at radius 1 is 1.29 bits per heavy atom. The van der Waals surface area contributed by atoms with Crippen LogP contribution >= 0.6 is 0 Å². The van der Waals surface area contributed by atoms with Gasteiger partial charge >= 0.3 is 0 Å². The number of hydrogen-bond donors (Lipinski definition) is 2. The van der Waals surface area contributed by atoms with E-state index in [1.807, 2.05) is 13.8 Å². The van der Waals surface area contributed by atoms with Crippen LogP contribution in [0.4, 0.5) is 0 Å². The fourth-order valence-corrected chi connectivity index (χ4v) is 2.73. The topological polar surface area (TPSA) is 66.4 Å². The van der Waals surface area contributed by atoms with Crippen molar-refractivity contribution in [1.82, 2.24) is 4.72 Å². The van der Waals surface area contributed by atoms with Crippen molar-refractivity contribution in [1.29, 1.82) is 0 Å². The van der Waals surface area contributed by atoms with Gasteiger partial charge in [-0.1, -0.05) is 32.0 Å². The van der Waals surface area contributed by atoms with Crippen LogP contribution in [0.1, 0.15) is 25.8 Å². The van der Waals surface area contributed by atoms with Gasteiger partial charge in [-0.3, -0.25) is 0 Å². The van der Waals surface area contributed by atoms with Gasteiger partial charge in [0.1, 0.15) is 0 Å². The van der Waals surface area contributed by atoms with Crippen molar-refractivity contribution in [3.8, 4) is 0 Å². The van der Waals surface area contributed by atoms with E-state index in [0.29, 0.717) is 18.0 Å². The van der Waals surface area contributed by atoms with Crippen LogP contribution in [0.25, 0.3) is 0 Å². The number of aliphatic hydroxyl groups excluding tert-OH is 1. The Kier molecular flexibility index (Phi) is 5.11. The summed E-state index contributed by atoms with van der Waals surface area (Å²) in [5.74, 6) is 0.450. The molecule has 1 rings (SSSR count). The Balaban J connectivity index is 2.82. The largest absolute Gasteiger partial charge is 0.392 e. The summed E-state index contributed by atoms with van der Waals surface area (Å²) < 4.78 is 26.5. The highest BCUT2D eigenvalue weighted by Gasteiger charge is 2.16. The minimum Gasteiger partial charge on any atom is -0.392 e. The molecule has 0 aromatic heterocycles. The zero-order chi connectivity index (χ0) is 12.9. The fraction of sp³-hybridized carbons (Fsp3) is 0.500. The molecule has 2 N–H and O–H groups in total. The Morgan fingerprint density at radius 2 is 1.94 bits per heavy atom.